The normalized spacial score (nSPS) is 13.2. The minimum Gasteiger partial charge on any atom is -0.271 e. The maximum Gasteiger partial charge on any atom is 0.402 e. The summed E-state index contributed by atoms with van der Waals surface area (Å²) in [5.41, 5.74) is 0. The predicted molar refractivity (Wildman–Crippen MR) is 63.4 cm³/mol. The van der Waals surface area contributed by atoms with Crippen LogP contribution in [0.2, 0.25) is 0 Å². The molecule has 0 saturated heterocycles. The molecule has 0 aliphatic rings. The van der Waals surface area contributed by atoms with Crippen LogP contribution in [0.4, 0.5) is 13.2 Å². The van der Waals surface area contributed by atoms with E-state index < -0.39 is 22.7 Å². The van der Waals surface area contributed by atoms with Gasteiger partial charge in [0.05, 0.1) is 6.20 Å². The van der Waals surface area contributed by atoms with Gasteiger partial charge in [-0.05, 0) is 6.42 Å². The van der Waals surface area contributed by atoms with E-state index in [0.29, 0.717) is 18.8 Å². The number of rotatable bonds is 6. The van der Waals surface area contributed by atoms with E-state index in [1.807, 2.05) is 0 Å². The molecule has 0 saturated carbocycles. The fourth-order valence-corrected chi connectivity index (χ4v) is 2.57. The van der Waals surface area contributed by atoms with Crippen LogP contribution in [-0.2, 0) is 16.6 Å². The van der Waals surface area contributed by atoms with Crippen molar-refractivity contribution < 1.29 is 21.6 Å². The van der Waals surface area contributed by atoms with Gasteiger partial charge >= 0.3 is 6.18 Å². The molecule has 1 rings (SSSR count). The van der Waals surface area contributed by atoms with Crippen LogP contribution in [-0.4, -0.2) is 48.2 Å². The summed E-state index contributed by atoms with van der Waals surface area (Å²) in [4.78, 5) is -0.270. The highest BCUT2D eigenvalue weighted by atomic mass is 35.5. The van der Waals surface area contributed by atoms with Crippen LogP contribution in [0.15, 0.2) is 17.3 Å². The van der Waals surface area contributed by atoms with Gasteiger partial charge in [0, 0.05) is 25.7 Å². The predicted octanol–water partition coefficient (Wildman–Crippen LogP) is 1.69. The van der Waals surface area contributed by atoms with Crippen molar-refractivity contribution in [1.82, 2.24) is 14.1 Å². The van der Waals surface area contributed by atoms with E-state index in [9.17, 15) is 21.6 Å². The minimum absolute atomic E-state index is 0.246. The largest absolute Gasteiger partial charge is 0.402 e. The van der Waals surface area contributed by atoms with Crippen LogP contribution in [0, 0.1) is 0 Å². The molecule has 0 aliphatic carbocycles. The lowest BCUT2D eigenvalue weighted by atomic mass is 10.5. The smallest absolute Gasteiger partial charge is 0.271 e. The third-order valence-corrected chi connectivity index (χ3v) is 4.26. The van der Waals surface area contributed by atoms with Gasteiger partial charge in [0.25, 0.3) is 0 Å². The van der Waals surface area contributed by atoms with Crippen molar-refractivity contribution in [3.63, 3.8) is 0 Å². The molecule has 0 bridgehead atoms. The molecular weight excluding hydrogens is 307 g/mol. The fraction of sp³-hybridized carbons (Fsp3) is 0.667. The van der Waals surface area contributed by atoms with Gasteiger partial charge in [0.15, 0.2) is 0 Å². The van der Waals surface area contributed by atoms with E-state index in [1.54, 1.807) is 0 Å². The van der Waals surface area contributed by atoms with Crippen LogP contribution in [0.5, 0.6) is 0 Å². The summed E-state index contributed by atoms with van der Waals surface area (Å²) in [6.45, 7) is -1.13. The Balaban J connectivity index is 2.85. The Morgan fingerprint density at radius 1 is 1.47 bits per heavy atom. The van der Waals surface area contributed by atoms with Gasteiger partial charge in [-0.3, -0.25) is 4.68 Å². The summed E-state index contributed by atoms with van der Waals surface area (Å²) < 4.78 is 61.8. The molecule has 1 aromatic heterocycles. The third-order valence-electron chi connectivity index (χ3n) is 2.24. The maximum absolute atomic E-state index is 12.2. The van der Waals surface area contributed by atoms with E-state index in [-0.39, 0.29) is 9.20 Å². The fourth-order valence-electron chi connectivity index (χ4n) is 1.34. The molecule has 0 unspecified atom stereocenters. The number of hydrogen-bond acceptors (Lipinski definition) is 3. The van der Waals surface area contributed by atoms with Gasteiger partial charge in [0.1, 0.15) is 11.4 Å². The molecule has 10 heteroatoms. The highest BCUT2D eigenvalue weighted by molar-refractivity contribution is 7.89. The summed E-state index contributed by atoms with van der Waals surface area (Å²) in [7, 11) is -3.31. The molecule has 5 nitrogen and oxygen atoms in total. The Hall–Kier alpha value is -0.800. The van der Waals surface area contributed by atoms with Crippen molar-refractivity contribution in [3.8, 4) is 0 Å². The molecule has 110 valence electrons. The second-order valence-electron chi connectivity index (χ2n) is 3.86. The van der Waals surface area contributed by atoms with Crippen molar-refractivity contribution >= 4 is 21.6 Å². The summed E-state index contributed by atoms with van der Waals surface area (Å²) in [5.74, 6) is 0.385. The zero-order valence-electron chi connectivity index (χ0n) is 10.1. The average Bonchev–Trinajstić information content (AvgIpc) is 2.73. The maximum atomic E-state index is 12.2. The second kappa shape index (κ2) is 6.10. The van der Waals surface area contributed by atoms with E-state index in [2.05, 4.69) is 5.10 Å². The highest BCUT2D eigenvalue weighted by Gasteiger charge is 2.35. The van der Waals surface area contributed by atoms with Gasteiger partial charge in [-0.15, -0.1) is 11.6 Å². The number of aryl methyl sites for hydroxylation is 1. The second-order valence-corrected chi connectivity index (χ2v) is 6.28. The molecule has 19 heavy (non-hydrogen) atoms. The molecule has 0 fully saturated rings. The number of hydrogen-bond donors (Lipinski definition) is 0. The summed E-state index contributed by atoms with van der Waals surface area (Å²) in [6, 6.07) is 0. The molecule has 0 spiro atoms. The molecule has 1 aromatic rings. The molecule has 0 amide bonds. The van der Waals surface area contributed by atoms with Crippen molar-refractivity contribution in [2.75, 3.05) is 19.5 Å². The number of halogens is 4. The van der Waals surface area contributed by atoms with Crippen LogP contribution in [0.25, 0.3) is 0 Å². The first-order valence-electron chi connectivity index (χ1n) is 5.28. The Kier molecular flexibility index (Phi) is 5.22. The Bertz CT molecular complexity index is 515. The van der Waals surface area contributed by atoms with Crippen molar-refractivity contribution in [3.05, 3.63) is 12.4 Å². The van der Waals surface area contributed by atoms with E-state index in [4.69, 9.17) is 11.6 Å². The topological polar surface area (TPSA) is 55.2 Å². The quantitative estimate of drug-likeness (QED) is 0.750. The van der Waals surface area contributed by atoms with Crippen LogP contribution in [0.3, 0.4) is 0 Å². The van der Waals surface area contributed by atoms with Gasteiger partial charge < -0.3 is 0 Å². The van der Waals surface area contributed by atoms with Crippen molar-refractivity contribution in [1.29, 1.82) is 0 Å². The Morgan fingerprint density at radius 3 is 2.63 bits per heavy atom. The van der Waals surface area contributed by atoms with Gasteiger partial charge in [-0.25, -0.2) is 8.42 Å². The lowest BCUT2D eigenvalue weighted by molar-refractivity contribution is -0.134. The number of nitrogens with zero attached hydrogens (tertiary/aromatic N) is 3. The summed E-state index contributed by atoms with van der Waals surface area (Å²) >= 11 is 5.48. The first kappa shape index (κ1) is 16.3. The van der Waals surface area contributed by atoms with Crippen LogP contribution in [0.1, 0.15) is 6.42 Å². The molecule has 0 aromatic carbocycles. The minimum atomic E-state index is -4.59. The summed E-state index contributed by atoms with van der Waals surface area (Å²) in [6.07, 6.45) is -1.79. The van der Waals surface area contributed by atoms with E-state index in [1.165, 1.54) is 10.9 Å². The Morgan fingerprint density at radius 2 is 2.11 bits per heavy atom. The number of aromatic nitrogens is 2. The Labute approximate surface area is 114 Å². The summed E-state index contributed by atoms with van der Waals surface area (Å²) in [5, 5.41) is 3.77. The molecule has 0 N–H and O–H groups in total. The number of sulfonamides is 1. The standard InChI is InChI=1S/C9H13ClF3N3O2S/c1-15(7-9(11,12)13)19(17,18)8-5-14-16(6-8)4-2-3-10/h5-6H,2-4,7H2,1H3. The van der Waals surface area contributed by atoms with E-state index in [0.717, 1.165) is 13.2 Å². The molecule has 0 atom stereocenters. The SMILES string of the molecule is CN(CC(F)(F)F)S(=O)(=O)c1cnn(CCCCl)c1. The molecular formula is C9H13ClF3N3O2S. The van der Waals surface area contributed by atoms with Gasteiger partial charge in [-0.2, -0.15) is 22.6 Å². The molecule has 0 aliphatic heterocycles. The monoisotopic (exact) mass is 319 g/mol. The molecule has 1 heterocycles. The first-order chi connectivity index (χ1) is 8.66. The van der Waals surface area contributed by atoms with E-state index >= 15 is 0 Å². The van der Waals surface area contributed by atoms with Crippen LogP contribution < -0.4 is 0 Å². The molecule has 0 radical (unpaired) electrons. The highest BCUT2D eigenvalue weighted by Crippen LogP contribution is 2.20. The van der Waals surface area contributed by atoms with Crippen molar-refractivity contribution in [2.24, 2.45) is 0 Å². The lowest BCUT2D eigenvalue weighted by Gasteiger charge is -2.17. The average molecular weight is 320 g/mol. The zero-order valence-corrected chi connectivity index (χ0v) is 11.6. The third kappa shape index (κ3) is 4.66. The first-order valence-corrected chi connectivity index (χ1v) is 7.26. The zero-order chi connectivity index (χ0) is 14.7. The number of alkyl halides is 4. The van der Waals surface area contributed by atoms with Crippen molar-refractivity contribution in [2.45, 2.75) is 24.0 Å². The van der Waals surface area contributed by atoms with Gasteiger partial charge in [-0.1, -0.05) is 0 Å². The lowest BCUT2D eigenvalue weighted by Crippen LogP contribution is -2.35. The van der Waals surface area contributed by atoms with Gasteiger partial charge in [0.2, 0.25) is 10.0 Å². The van der Waals surface area contributed by atoms with Crippen LogP contribution >= 0.6 is 11.6 Å².